The highest BCUT2D eigenvalue weighted by Crippen LogP contribution is 2.23. The summed E-state index contributed by atoms with van der Waals surface area (Å²) in [5, 5.41) is 0. The van der Waals surface area contributed by atoms with Gasteiger partial charge in [-0.05, 0) is 42.8 Å². The van der Waals surface area contributed by atoms with E-state index in [0.717, 1.165) is 5.56 Å². The van der Waals surface area contributed by atoms with Crippen LogP contribution in [0.3, 0.4) is 0 Å². The maximum Gasteiger partial charge on any atom is 0.261 e. The number of nitrogens with one attached hydrogen (secondary N) is 1. The molecule has 4 nitrogen and oxygen atoms in total. The number of anilines is 2. The maximum absolute atomic E-state index is 12.2. The van der Waals surface area contributed by atoms with Gasteiger partial charge in [0.25, 0.3) is 10.0 Å². The molecule has 0 aliphatic rings. The molecule has 2 aromatic rings. The minimum atomic E-state index is -3.61. The van der Waals surface area contributed by atoms with Gasteiger partial charge in [0.2, 0.25) is 0 Å². The van der Waals surface area contributed by atoms with Gasteiger partial charge >= 0.3 is 0 Å². The largest absolute Gasteiger partial charge is 0.399 e. The van der Waals surface area contributed by atoms with Crippen LogP contribution in [0.4, 0.5) is 11.4 Å². The van der Waals surface area contributed by atoms with Crippen LogP contribution in [0, 0.1) is 6.92 Å². The van der Waals surface area contributed by atoms with E-state index in [0.29, 0.717) is 15.8 Å². The zero-order valence-electron chi connectivity index (χ0n) is 10.2. The smallest absolute Gasteiger partial charge is 0.261 e. The Morgan fingerprint density at radius 2 is 1.89 bits per heavy atom. The Hall–Kier alpha value is -1.53. The quantitative estimate of drug-likeness (QED) is 0.843. The van der Waals surface area contributed by atoms with E-state index in [9.17, 15) is 8.42 Å². The number of hydrogen-bond acceptors (Lipinski definition) is 3. The van der Waals surface area contributed by atoms with Gasteiger partial charge in [-0.2, -0.15) is 0 Å². The van der Waals surface area contributed by atoms with Crippen molar-refractivity contribution in [2.45, 2.75) is 11.8 Å². The van der Waals surface area contributed by atoms with Crippen LogP contribution in [-0.4, -0.2) is 8.42 Å². The van der Waals surface area contributed by atoms with E-state index in [2.05, 4.69) is 20.7 Å². The predicted molar refractivity (Wildman–Crippen MR) is 80.5 cm³/mol. The first-order chi connectivity index (χ1) is 8.88. The number of nitrogens with two attached hydrogens (primary N) is 1. The molecule has 0 spiro atoms. The van der Waals surface area contributed by atoms with Crippen molar-refractivity contribution in [3.8, 4) is 0 Å². The molecule has 3 N–H and O–H groups in total. The van der Waals surface area contributed by atoms with Crippen LogP contribution in [0.2, 0.25) is 0 Å². The summed E-state index contributed by atoms with van der Waals surface area (Å²) in [6.45, 7) is 1.82. The average molecular weight is 341 g/mol. The van der Waals surface area contributed by atoms with Gasteiger partial charge in [-0.15, -0.1) is 0 Å². The van der Waals surface area contributed by atoms with Crippen LogP contribution in [0.25, 0.3) is 0 Å². The summed E-state index contributed by atoms with van der Waals surface area (Å²) < 4.78 is 27.7. The van der Waals surface area contributed by atoms with E-state index >= 15 is 0 Å². The van der Waals surface area contributed by atoms with Gasteiger partial charge in [0.05, 0.1) is 10.6 Å². The van der Waals surface area contributed by atoms with E-state index in [-0.39, 0.29) is 4.90 Å². The number of nitrogen functional groups attached to an aromatic ring is 1. The molecule has 0 radical (unpaired) electrons. The van der Waals surface area contributed by atoms with E-state index in [1.54, 1.807) is 36.4 Å². The normalized spacial score (nSPS) is 11.3. The molecule has 19 heavy (non-hydrogen) atoms. The Kier molecular flexibility index (Phi) is 3.82. The van der Waals surface area contributed by atoms with Gasteiger partial charge in [-0.25, -0.2) is 8.42 Å². The van der Waals surface area contributed by atoms with Crippen LogP contribution in [0.1, 0.15) is 5.56 Å². The maximum atomic E-state index is 12.2. The summed E-state index contributed by atoms with van der Waals surface area (Å²) in [5.74, 6) is 0. The molecule has 0 atom stereocenters. The second-order valence-electron chi connectivity index (χ2n) is 4.14. The fourth-order valence-electron chi connectivity index (χ4n) is 1.59. The van der Waals surface area contributed by atoms with E-state index in [4.69, 9.17) is 5.73 Å². The van der Waals surface area contributed by atoms with Crippen LogP contribution < -0.4 is 10.5 Å². The van der Waals surface area contributed by atoms with Crippen molar-refractivity contribution in [3.63, 3.8) is 0 Å². The third kappa shape index (κ3) is 3.27. The number of hydrogen-bond donors (Lipinski definition) is 2. The molecule has 0 saturated carbocycles. The molecule has 100 valence electrons. The minimum absolute atomic E-state index is 0.198. The van der Waals surface area contributed by atoms with E-state index in [1.165, 1.54) is 6.07 Å². The van der Waals surface area contributed by atoms with Gasteiger partial charge in [0, 0.05) is 10.2 Å². The Morgan fingerprint density at radius 1 is 1.16 bits per heavy atom. The Bertz CT molecular complexity index is 714. The lowest BCUT2D eigenvalue weighted by Gasteiger charge is -2.11. The van der Waals surface area contributed by atoms with Crippen LogP contribution in [0.15, 0.2) is 51.8 Å². The first-order valence-corrected chi connectivity index (χ1v) is 7.80. The fraction of sp³-hybridized carbons (Fsp3) is 0.0769. The molecular weight excluding hydrogens is 328 g/mol. The predicted octanol–water partition coefficient (Wildman–Crippen LogP) is 3.14. The van der Waals surface area contributed by atoms with Gasteiger partial charge in [0.1, 0.15) is 0 Å². The molecule has 0 amide bonds. The molecule has 0 aliphatic heterocycles. The van der Waals surface area contributed by atoms with Gasteiger partial charge in [-0.1, -0.05) is 28.1 Å². The number of halogens is 1. The number of aryl methyl sites for hydroxylation is 1. The minimum Gasteiger partial charge on any atom is -0.399 e. The molecule has 0 saturated heterocycles. The highest BCUT2D eigenvalue weighted by atomic mass is 79.9. The van der Waals surface area contributed by atoms with Crippen molar-refractivity contribution in [1.82, 2.24) is 0 Å². The summed E-state index contributed by atoms with van der Waals surface area (Å²) in [4.78, 5) is 0.198. The molecule has 0 fully saturated rings. The Labute approximate surface area is 120 Å². The zero-order chi connectivity index (χ0) is 14.0. The Balaban J connectivity index is 2.39. The summed E-state index contributed by atoms with van der Waals surface area (Å²) in [6, 6.07) is 11.6. The molecule has 2 aromatic carbocycles. The van der Waals surface area contributed by atoms with Crippen LogP contribution in [-0.2, 0) is 10.0 Å². The average Bonchev–Trinajstić information content (AvgIpc) is 2.33. The van der Waals surface area contributed by atoms with Crippen molar-refractivity contribution in [1.29, 1.82) is 0 Å². The van der Waals surface area contributed by atoms with Crippen molar-refractivity contribution >= 4 is 37.3 Å². The third-order valence-corrected chi connectivity index (χ3v) is 4.47. The number of rotatable bonds is 3. The monoisotopic (exact) mass is 340 g/mol. The van der Waals surface area contributed by atoms with E-state index in [1.807, 2.05) is 6.92 Å². The Morgan fingerprint density at radius 3 is 2.58 bits per heavy atom. The third-order valence-electron chi connectivity index (χ3n) is 2.61. The molecule has 6 heteroatoms. The molecule has 0 unspecified atom stereocenters. The van der Waals surface area contributed by atoms with Gasteiger partial charge in [-0.3, -0.25) is 4.72 Å². The molecule has 0 heterocycles. The molecular formula is C13H13BrN2O2S. The van der Waals surface area contributed by atoms with Crippen molar-refractivity contribution in [2.75, 3.05) is 10.5 Å². The number of sulfonamides is 1. The zero-order valence-corrected chi connectivity index (χ0v) is 12.6. The van der Waals surface area contributed by atoms with Gasteiger partial charge < -0.3 is 5.73 Å². The van der Waals surface area contributed by atoms with Crippen LogP contribution >= 0.6 is 15.9 Å². The lowest BCUT2D eigenvalue weighted by Crippen LogP contribution is -2.13. The summed E-state index contributed by atoms with van der Waals surface area (Å²) in [6.07, 6.45) is 0. The summed E-state index contributed by atoms with van der Waals surface area (Å²) in [5.41, 5.74) is 7.48. The van der Waals surface area contributed by atoms with E-state index < -0.39 is 10.0 Å². The van der Waals surface area contributed by atoms with Crippen molar-refractivity contribution < 1.29 is 8.42 Å². The van der Waals surface area contributed by atoms with Crippen molar-refractivity contribution in [3.05, 3.63) is 52.5 Å². The van der Waals surface area contributed by atoms with Crippen molar-refractivity contribution in [2.24, 2.45) is 0 Å². The summed E-state index contributed by atoms with van der Waals surface area (Å²) in [7, 11) is -3.61. The first kappa shape index (κ1) is 13.9. The molecule has 0 bridgehead atoms. The second-order valence-corrected chi connectivity index (χ2v) is 6.74. The molecule has 0 aromatic heterocycles. The van der Waals surface area contributed by atoms with Gasteiger partial charge in [0.15, 0.2) is 0 Å². The SMILES string of the molecule is Cc1ccc(N)cc1NS(=O)(=O)c1cccc(Br)c1. The first-order valence-electron chi connectivity index (χ1n) is 5.53. The molecule has 2 rings (SSSR count). The second kappa shape index (κ2) is 5.22. The summed E-state index contributed by atoms with van der Waals surface area (Å²) >= 11 is 3.25. The fourth-order valence-corrected chi connectivity index (χ4v) is 3.31. The number of benzene rings is 2. The topological polar surface area (TPSA) is 72.2 Å². The molecule has 0 aliphatic carbocycles. The standard InChI is InChI=1S/C13H13BrN2O2S/c1-9-5-6-11(15)8-13(9)16-19(17,18)12-4-2-3-10(14)7-12/h2-8,16H,15H2,1H3. The highest BCUT2D eigenvalue weighted by Gasteiger charge is 2.15. The highest BCUT2D eigenvalue weighted by molar-refractivity contribution is 9.10. The van der Waals surface area contributed by atoms with Crippen LogP contribution in [0.5, 0.6) is 0 Å². The lowest BCUT2D eigenvalue weighted by molar-refractivity contribution is 0.601. The lowest BCUT2D eigenvalue weighted by atomic mass is 10.2.